The van der Waals surface area contributed by atoms with Gasteiger partial charge in [0.05, 0.1) is 23.8 Å². The summed E-state index contributed by atoms with van der Waals surface area (Å²) in [6.07, 6.45) is 0. The number of aryl methyl sites for hydroxylation is 1. The number of ether oxygens (including phenoxy) is 1. The van der Waals surface area contributed by atoms with Gasteiger partial charge in [-0.2, -0.15) is 0 Å². The van der Waals surface area contributed by atoms with Crippen molar-refractivity contribution in [3.05, 3.63) is 56.5 Å². The van der Waals surface area contributed by atoms with Gasteiger partial charge in [0.2, 0.25) is 0 Å². The molecule has 0 spiro atoms. The first kappa shape index (κ1) is 17.2. The summed E-state index contributed by atoms with van der Waals surface area (Å²) in [5.74, 6) is 0.204. The zero-order chi connectivity index (χ0) is 17.2. The molecule has 0 radical (unpaired) electrons. The van der Waals surface area contributed by atoms with E-state index in [-0.39, 0.29) is 5.75 Å². The fourth-order valence-corrected chi connectivity index (χ4v) is 3.70. The van der Waals surface area contributed by atoms with E-state index >= 15 is 0 Å². The predicted octanol–water partition coefficient (Wildman–Crippen LogP) is 3.48. The van der Waals surface area contributed by atoms with E-state index < -0.39 is 25.5 Å². The van der Waals surface area contributed by atoms with Crippen LogP contribution in [0.25, 0.3) is 0 Å². The fourth-order valence-electron chi connectivity index (χ4n) is 1.94. The first-order chi connectivity index (χ1) is 10.7. The summed E-state index contributed by atoms with van der Waals surface area (Å²) in [5.41, 5.74) is 0.476. The molecular formula is C14H13BrN2O5S. The molecule has 0 atom stereocenters. The van der Waals surface area contributed by atoms with Gasteiger partial charge in [-0.1, -0.05) is 15.9 Å². The van der Waals surface area contributed by atoms with Gasteiger partial charge in [-0.05, 0) is 42.8 Å². The maximum Gasteiger partial charge on any atom is 0.293 e. The highest BCUT2D eigenvalue weighted by Crippen LogP contribution is 2.30. The molecule has 9 heteroatoms. The summed E-state index contributed by atoms with van der Waals surface area (Å²) < 4.78 is 33.1. The molecule has 0 aliphatic rings. The van der Waals surface area contributed by atoms with Crippen molar-refractivity contribution >= 4 is 37.3 Å². The molecule has 0 fully saturated rings. The molecule has 0 saturated carbocycles. The lowest BCUT2D eigenvalue weighted by Crippen LogP contribution is -2.15. The Morgan fingerprint density at radius 1 is 1.22 bits per heavy atom. The number of halogens is 1. The summed E-state index contributed by atoms with van der Waals surface area (Å²) >= 11 is 3.29. The highest BCUT2D eigenvalue weighted by Gasteiger charge is 2.27. The second kappa shape index (κ2) is 6.55. The number of hydrogen-bond acceptors (Lipinski definition) is 5. The van der Waals surface area contributed by atoms with Crippen molar-refractivity contribution in [3.8, 4) is 5.75 Å². The minimum absolute atomic E-state index is 0.204. The molecule has 122 valence electrons. The minimum atomic E-state index is -4.11. The summed E-state index contributed by atoms with van der Waals surface area (Å²) in [7, 11) is -2.77. The molecule has 2 rings (SSSR count). The van der Waals surface area contributed by atoms with E-state index in [4.69, 9.17) is 4.74 Å². The molecule has 0 aromatic heterocycles. The van der Waals surface area contributed by atoms with E-state index in [0.717, 1.165) is 16.6 Å². The van der Waals surface area contributed by atoms with Crippen molar-refractivity contribution in [3.63, 3.8) is 0 Å². The molecule has 0 aliphatic carbocycles. The van der Waals surface area contributed by atoms with Crippen molar-refractivity contribution in [2.75, 3.05) is 11.8 Å². The SMILES string of the molecule is COc1ccc(S(=O)(=O)Nc2ccc(Br)cc2C)c([N+](=O)[O-])c1. The third-order valence-electron chi connectivity index (χ3n) is 3.09. The maximum absolute atomic E-state index is 12.5. The molecule has 0 aliphatic heterocycles. The van der Waals surface area contributed by atoms with Crippen molar-refractivity contribution in [2.24, 2.45) is 0 Å². The molecule has 2 aromatic rings. The molecule has 0 amide bonds. The number of nitrogens with zero attached hydrogens (tertiary/aromatic N) is 1. The van der Waals surface area contributed by atoms with Gasteiger partial charge >= 0.3 is 0 Å². The minimum Gasteiger partial charge on any atom is -0.497 e. The van der Waals surface area contributed by atoms with Crippen molar-refractivity contribution < 1.29 is 18.1 Å². The van der Waals surface area contributed by atoms with E-state index in [1.807, 2.05) is 0 Å². The fraction of sp³-hybridized carbons (Fsp3) is 0.143. The summed E-state index contributed by atoms with van der Waals surface area (Å²) in [6.45, 7) is 1.73. The van der Waals surface area contributed by atoms with Gasteiger partial charge in [0, 0.05) is 4.47 Å². The summed E-state index contributed by atoms with van der Waals surface area (Å²) in [5, 5.41) is 11.2. The Morgan fingerprint density at radius 3 is 2.48 bits per heavy atom. The average Bonchev–Trinajstić information content (AvgIpc) is 2.49. The normalized spacial score (nSPS) is 11.1. The molecule has 2 aromatic carbocycles. The zero-order valence-electron chi connectivity index (χ0n) is 12.2. The lowest BCUT2D eigenvalue weighted by Gasteiger charge is -2.11. The highest BCUT2D eigenvalue weighted by molar-refractivity contribution is 9.10. The smallest absolute Gasteiger partial charge is 0.293 e. The lowest BCUT2D eigenvalue weighted by molar-refractivity contribution is -0.387. The van der Waals surface area contributed by atoms with E-state index in [9.17, 15) is 18.5 Å². The van der Waals surface area contributed by atoms with Crippen LogP contribution < -0.4 is 9.46 Å². The van der Waals surface area contributed by atoms with Crippen LogP contribution in [-0.4, -0.2) is 20.5 Å². The Bertz CT molecular complexity index is 867. The Labute approximate surface area is 141 Å². The average molecular weight is 401 g/mol. The van der Waals surface area contributed by atoms with Crippen LogP contribution >= 0.6 is 15.9 Å². The van der Waals surface area contributed by atoms with E-state index in [1.165, 1.54) is 13.2 Å². The Hall–Kier alpha value is -2.13. The predicted molar refractivity (Wildman–Crippen MR) is 89.3 cm³/mol. The number of rotatable bonds is 5. The molecule has 7 nitrogen and oxygen atoms in total. The van der Waals surface area contributed by atoms with E-state index in [0.29, 0.717) is 11.3 Å². The molecule has 23 heavy (non-hydrogen) atoms. The van der Waals surface area contributed by atoms with Crippen LogP contribution in [0.3, 0.4) is 0 Å². The first-order valence-electron chi connectivity index (χ1n) is 6.36. The molecular weight excluding hydrogens is 388 g/mol. The monoisotopic (exact) mass is 400 g/mol. The number of anilines is 1. The van der Waals surface area contributed by atoms with Crippen LogP contribution in [0.15, 0.2) is 45.8 Å². The number of benzene rings is 2. The number of sulfonamides is 1. The van der Waals surface area contributed by atoms with Gasteiger partial charge in [0.15, 0.2) is 4.90 Å². The zero-order valence-corrected chi connectivity index (χ0v) is 14.6. The van der Waals surface area contributed by atoms with E-state index in [2.05, 4.69) is 20.7 Å². The second-order valence-corrected chi connectivity index (χ2v) is 7.22. The van der Waals surface area contributed by atoms with Crippen LogP contribution in [0.5, 0.6) is 5.75 Å². The standard InChI is InChI=1S/C14H13BrN2O5S/c1-9-7-10(15)3-5-12(9)16-23(20,21)14-6-4-11(22-2)8-13(14)17(18)19/h3-8,16H,1-2H3. The number of nitro groups is 1. The van der Waals surface area contributed by atoms with Gasteiger partial charge in [0.1, 0.15) is 5.75 Å². The van der Waals surface area contributed by atoms with Crippen LogP contribution in [0.2, 0.25) is 0 Å². The molecule has 0 saturated heterocycles. The van der Waals surface area contributed by atoms with Gasteiger partial charge in [-0.25, -0.2) is 8.42 Å². The number of hydrogen-bond donors (Lipinski definition) is 1. The van der Waals surface area contributed by atoms with Gasteiger partial charge < -0.3 is 4.74 Å². The van der Waals surface area contributed by atoms with Crippen molar-refractivity contribution in [1.82, 2.24) is 0 Å². The number of methoxy groups -OCH3 is 1. The molecule has 0 bridgehead atoms. The highest BCUT2D eigenvalue weighted by atomic mass is 79.9. The first-order valence-corrected chi connectivity index (χ1v) is 8.63. The Morgan fingerprint density at radius 2 is 1.91 bits per heavy atom. The van der Waals surface area contributed by atoms with Gasteiger partial charge in [-0.3, -0.25) is 14.8 Å². The van der Waals surface area contributed by atoms with Crippen LogP contribution in [0, 0.1) is 17.0 Å². The quantitative estimate of drug-likeness (QED) is 0.611. The Kier molecular flexibility index (Phi) is 4.90. The van der Waals surface area contributed by atoms with Crippen molar-refractivity contribution in [1.29, 1.82) is 0 Å². The van der Waals surface area contributed by atoms with Crippen LogP contribution in [-0.2, 0) is 10.0 Å². The topological polar surface area (TPSA) is 98.5 Å². The third kappa shape index (κ3) is 3.80. The van der Waals surface area contributed by atoms with Crippen LogP contribution in [0.4, 0.5) is 11.4 Å². The lowest BCUT2D eigenvalue weighted by atomic mass is 10.2. The van der Waals surface area contributed by atoms with E-state index in [1.54, 1.807) is 25.1 Å². The summed E-state index contributed by atoms with van der Waals surface area (Å²) in [6, 6.07) is 8.56. The third-order valence-corrected chi connectivity index (χ3v) is 4.99. The number of nitro benzene ring substituents is 1. The van der Waals surface area contributed by atoms with Gasteiger partial charge in [0.25, 0.3) is 15.7 Å². The molecule has 0 heterocycles. The Balaban J connectivity index is 2.49. The maximum atomic E-state index is 12.5. The number of nitrogens with one attached hydrogen (secondary N) is 1. The van der Waals surface area contributed by atoms with Crippen LogP contribution in [0.1, 0.15) is 5.56 Å². The van der Waals surface area contributed by atoms with Crippen molar-refractivity contribution in [2.45, 2.75) is 11.8 Å². The largest absolute Gasteiger partial charge is 0.497 e. The summed E-state index contributed by atoms with van der Waals surface area (Å²) in [4.78, 5) is 9.97. The van der Waals surface area contributed by atoms with Gasteiger partial charge in [-0.15, -0.1) is 0 Å². The second-order valence-electron chi connectivity index (χ2n) is 4.66. The molecule has 0 unspecified atom stereocenters. The molecule has 1 N–H and O–H groups in total.